The number of carbonyl (C=O) groups is 1. The third kappa shape index (κ3) is 3.87. The molecule has 2 aromatic carbocycles. The van der Waals surface area contributed by atoms with Crippen LogP contribution in [0.2, 0.25) is 10.0 Å². The summed E-state index contributed by atoms with van der Waals surface area (Å²) < 4.78 is 0. The quantitative estimate of drug-likeness (QED) is 0.627. The van der Waals surface area contributed by atoms with E-state index in [9.17, 15) is 9.90 Å². The third-order valence-corrected chi connectivity index (χ3v) is 4.72. The van der Waals surface area contributed by atoms with Crippen LogP contribution in [0.3, 0.4) is 0 Å². The predicted octanol–water partition coefficient (Wildman–Crippen LogP) is 5.00. The summed E-state index contributed by atoms with van der Waals surface area (Å²) >= 11 is 13.4. The molecule has 4 nitrogen and oxygen atoms in total. The van der Waals surface area contributed by atoms with E-state index in [1.165, 1.54) is 23.5 Å². The molecule has 24 heavy (non-hydrogen) atoms. The first-order chi connectivity index (χ1) is 11.5. The van der Waals surface area contributed by atoms with E-state index < -0.39 is 0 Å². The number of benzene rings is 2. The van der Waals surface area contributed by atoms with Crippen LogP contribution in [0.1, 0.15) is 5.69 Å². The zero-order valence-electron chi connectivity index (χ0n) is 12.3. The van der Waals surface area contributed by atoms with Crippen molar-refractivity contribution in [1.82, 2.24) is 4.98 Å². The molecule has 1 aromatic heterocycles. The second-order valence-corrected chi connectivity index (χ2v) is 6.71. The molecule has 1 amide bonds. The van der Waals surface area contributed by atoms with Crippen LogP contribution in [0.5, 0.6) is 5.75 Å². The van der Waals surface area contributed by atoms with Crippen LogP contribution in [-0.2, 0) is 11.2 Å². The first-order valence-electron chi connectivity index (χ1n) is 7.00. The smallest absolute Gasteiger partial charge is 0.230 e. The molecule has 0 radical (unpaired) electrons. The van der Waals surface area contributed by atoms with Gasteiger partial charge in [-0.05, 0) is 24.3 Å². The Kier molecular flexibility index (Phi) is 5.04. The summed E-state index contributed by atoms with van der Waals surface area (Å²) in [6, 6.07) is 11.9. The van der Waals surface area contributed by atoms with Crippen molar-refractivity contribution in [2.24, 2.45) is 0 Å². The van der Waals surface area contributed by atoms with Gasteiger partial charge in [-0.25, -0.2) is 4.98 Å². The van der Waals surface area contributed by atoms with Gasteiger partial charge >= 0.3 is 0 Å². The van der Waals surface area contributed by atoms with E-state index in [0.29, 0.717) is 15.7 Å². The molecule has 2 N–H and O–H groups in total. The Morgan fingerprint density at radius 2 is 2.00 bits per heavy atom. The van der Waals surface area contributed by atoms with Crippen LogP contribution in [0.15, 0.2) is 47.8 Å². The number of amides is 1. The molecule has 3 aromatic rings. The molecule has 0 aliphatic carbocycles. The number of halogens is 2. The molecule has 0 atom stereocenters. The van der Waals surface area contributed by atoms with Crippen LogP contribution < -0.4 is 5.32 Å². The number of nitrogens with zero attached hydrogens (tertiary/aromatic N) is 1. The largest absolute Gasteiger partial charge is 0.506 e. The number of nitrogens with one attached hydrogen (secondary N) is 1. The monoisotopic (exact) mass is 378 g/mol. The Hall–Kier alpha value is -2.08. The fourth-order valence-corrected chi connectivity index (χ4v) is 3.43. The van der Waals surface area contributed by atoms with Crippen LogP contribution >= 0.6 is 34.5 Å². The number of phenolic OH excluding ortho intramolecular Hbond substituents is 1. The average Bonchev–Trinajstić information content (AvgIpc) is 2.99. The van der Waals surface area contributed by atoms with Gasteiger partial charge in [0.1, 0.15) is 10.8 Å². The minimum Gasteiger partial charge on any atom is -0.506 e. The number of hydrogen-bond acceptors (Lipinski definition) is 4. The van der Waals surface area contributed by atoms with Gasteiger partial charge in [-0.2, -0.15) is 0 Å². The van der Waals surface area contributed by atoms with Gasteiger partial charge in [-0.15, -0.1) is 11.3 Å². The Bertz CT molecular complexity index is 896. The number of phenols is 1. The van der Waals surface area contributed by atoms with Gasteiger partial charge in [0.15, 0.2) is 0 Å². The van der Waals surface area contributed by atoms with Gasteiger partial charge in [-0.1, -0.05) is 41.4 Å². The van der Waals surface area contributed by atoms with Crippen LogP contribution in [0.25, 0.3) is 10.6 Å². The number of anilines is 1. The SMILES string of the molecule is O=C(Cc1csc(-c2ccccc2Cl)n1)Nc1cc(Cl)ccc1O. The summed E-state index contributed by atoms with van der Waals surface area (Å²) in [6.07, 6.45) is 0.0902. The fraction of sp³-hybridized carbons (Fsp3) is 0.0588. The Morgan fingerprint density at radius 1 is 1.21 bits per heavy atom. The lowest BCUT2D eigenvalue weighted by molar-refractivity contribution is -0.115. The highest BCUT2D eigenvalue weighted by Gasteiger charge is 2.12. The lowest BCUT2D eigenvalue weighted by Crippen LogP contribution is -2.14. The van der Waals surface area contributed by atoms with Gasteiger partial charge in [0.2, 0.25) is 5.91 Å². The van der Waals surface area contributed by atoms with E-state index in [0.717, 1.165) is 10.6 Å². The normalized spacial score (nSPS) is 10.6. The predicted molar refractivity (Wildman–Crippen MR) is 98.0 cm³/mol. The third-order valence-electron chi connectivity index (χ3n) is 3.23. The van der Waals surface area contributed by atoms with E-state index in [4.69, 9.17) is 23.2 Å². The van der Waals surface area contributed by atoms with Crippen molar-refractivity contribution in [3.8, 4) is 16.3 Å². The topological polar surface area (TPSA) is 62.2 Å². The molecule has 122 valence electrons. The lowest BCUT2D eigenvalue weighted by atomic mass is 10.2. The van der Waals surface area contributed by atoms with Gasteiger partial charge in [0.05, 0.1) is 22.8 Å². The number of thiazole rings is 1. The molecular weight excluding hydrogens is 367 g/mol. The molecule has 0 saturated heterocycles. The van der Waals surface area contributed by atoms with E-state index in [1.807, 2.05) is 23.6 Å². The van der Waals surface area contributed by atoms with E-state index in [2.05, 4.69) is 10.3 Å². The molecule has 0 fully saturated rings. The number of hydrogen-bond donors (Lipinski definition) is 2. The summed E-state index contributed by atoms with van der Waals surface area (Å²) in [5.41, 5.74) is 1.74. The maximum atomic E-state index is 12.1. The van der Waals surface area contributed by atoms with Crippen LogP contribution in [-0.4, -0.2) is 16.0 Å². The molecule has 0 bridgehead atoms. The Morgan fingerprint density at radius 3 is 2.79 bits per heavy atom. The molecule has 0 spiro atoms. The highest BCUT2D eigenvalue weighted by Crippen LogP contribution is 2.30. The molecule has 0 unspecified atom stereocenters. The zero-order chi connectivity index (χ0) is 17.1. The molecule has 0 aliphatic rings. The molecule has 3 rings (SSSR count). The van der Waals surface area contributed by atoms with Crippen molar-refractivity contribution in [2.75, 3.05) is 5.32 Å². The lowest BCUT2D eigenvalue weighted by Gasteiger charge is -2.06. The fourth-order valence-electron chi connectivity index (χ4n) is 2.11. The summed E-state index contributed by atoms with van der Waals surface area (Å²) in [5, 5.41) is 16.0. The van der Waals surface area contributed by atoms with Crippen LogP contribution in [0.4, 0.5) is 5.69 Å². The average molecular weight is 379 g/mol. The first-order valence-corrected chi connectivity index (χ1v) is 8.64. The van der Waals surface area contributed by atoms with Crippen molar-refractivity contribution in [1.29, 1.82) is 0 Å². The number of rotatable bonds is 4. The minimum absolute atomic E-state index is 0.0391. The van der Waals surface area contributed by atoms with Crippen molar-refractivity contribution in [3.63, 3.8) is 0 Å². The molecule has 1 heterocycles. The molecule has 7 heteroatoms. The number of aromatic nitrogens is 1. The maximum absolute atomic E-state index is 12.1. The van der Waals surface area contributed by atoms with Crippen molar-refractivity contribution < 1.29 is 9.90 Å². The van der Waals surface area contributed by atoms with Gasteiger partial charge in [-0.3, -0.25) is 4.79 Å². The van der Waals surface area contributed by atoms with Gasteiger partial charge in [0.25, 0.3) is 0 Å². The maximum Gasteiger partial charge on any atom is 0.230 e. The van der Waals surface area contributed by atoms with Crippen LogP contribution in [0, 0.1) is 0 Å². The van der Waals surface area contributed by atoms with E-state index in [-0.39, 0.29) is 23.8 Å². The van der Waals surface area contributed by atoms with Crippen molar-refractivity contribution >= 4 is 46.1 Å². The Labute approximate surface area is 152 Å². The highest BCUT2D eigenvalue weighted by atomic mass is 35.5. The summed E-state index contributed by atoms with van der Waals surface area (Å²) in [7, 11) is 0. The standard InChI is InChI=1S/C17H12Cl2N2O2S/c18-10-5-6-15(22)14(7-10)21-16(23)8-11-9-24-17(20-11)12-3-1-2-4-13(12)19/h1-7,9,22H,8H2,(H,21,23). The number of carbonyl (C=O) groups excluding carboxylic acids is 1. The number of aromatic hydroxyl groups is 1. The van der Waals surface area contributed by atoms with Crippen molar-refractivity contribution in [2.45, 2.75) is 6.42 Å². The van der Waals surface area contributed by atoms with Gasteiger partial charge < -0.3 is 10.4 Å². The van der Waals surface area contributed by atoms with E-state index >= 15 is 0 Å². The summed E-state index contributed by atoms with van der Waals surface area (Å²) in [6.45, 7) is 0. The minimum atomic E-state index is -0.288. The highest BCUT2D eigenvalue weighted by molar-refractivity contribution is 7.13. The van der Waals surface area contributed by atoms with Gasteiger partial charge in [0, 0.05) is 16.0 Å². The second kappa shape index (κ2) is 7.21. The summed E-state index contributed by atoms with van der Waals surface area (Å²) in [5.74, 6) is -0.327. The zero-order valence-corrected chi connectivity index (χ0v) is 14.6. The Balaban J connectivity index is 1.72. The van der Waals surface area contributed by atoms with Crippen molar-refractivity contribution in [3.05, 3.63) is 63.6 Å². The van der Waals surface area contributed by atoms with E-state index in [1.54, 1.807) is 12.1 Å². The first kappa shape index (κ1) is 16.8. The summed E-state index contributed by atoms with van der Waals surface area (Å²) in [4.78, 5) is 16.6. The molecule has 0 aliphatic heterocycles. The molecule has 0 saturated carbocycles. The second-order valence-electron chi connectivity index (χ2n) is 5.01. The molecular formula is C17H12Cl2N2O2S.